The minimum atomic E-state index is -3.88. The van der Waals surface area contributed by atoms with Crippen molar-refractivity contribution >= 4 is 33.2 Å². The molecule has 0 atom stereocenters. The van der Waals surface area contributed by atoms with Gasteiger partial charge in [-0.15, -0.1) is 0 Å². The summed E-state index contributed by atoms with van der Waals surface area (Å²) >= 11 is 6.06. The monoisotopic (exact) mass is 484 g/mol. The van der Waals surface area contributed by atoms with Crippen LogP contribution in [0, 0.1) is 0 Å². The number of nitrogens with one attached hydrogen (secondary N) is 1. The lowest BCUT2D eigenvalue weighted by molar-refractivity contribution is -0.119. The predicted molar refractivity (Wildman–Crippen MR) is 130 cm³/mol. The second-order valence-electron chi connectivity index (χ2n) is 8.07. The van der Waals surface area contributed by atoms with E-state index in [1.807, 2.05) is 18.2 Å². The topological polar surface area (TPSA) is 75.7 Å². The first kappa shape index (κ1) is 23.1. The predicted octanol–water partition coefficient (Wildman–Crippen LogP) is 4.83. The number of hydrogen-bond acceptors (Lipinski definition) is 4. The molecule has 4 rings (SSSR count). The fraction of sp³-hybridized carbons (Fsp3) is 0.240. The molecule has 33 heavy (non-hydrogen) atoms. The molecule has 3 aromatic rings. The second-order valence-corrected chi connectivity index (χ2v) is 10.3. The molecule has 0 aliphatic carbocycles. The zero-order valence-corrected chi connectivity index (χ0v) is 20.0. The first-order valence-electron chi connectivity index (χ1n) is 10.7. The summed E-state index contributed by atoms with van der Waals surface area (Å²) in [6, 6.07) is 19.7. The molecule has 1 aliphatic heterocycles. The molecule has 1 aliphatic rings. The van der Waals surface area contributed by atoms with E-state index in [4.69, 9.17) is 16.3 Å². The van der Waals surface area contributed by atoms with Gasteiger partial charge in [0, 0.05) is 11.1 Å². The molecular weight excluding hydrogens is 460 g/mol. The summed E-state index contributed by atoms with van der Waals surface area (Å²) in [5.41, 5.74) is 3.06. The van der Waals surface area contributed by atoms with E-state index in [1.165, 1.54) is 4.31 Å². The van der Waals surface area contributed by atoms with Gasteiger partial charge in [0.2, 0.25) is 5.91 Å². The van der Waals surface area contributed by atoms with Crippen molar-refractivity contribution in [2.24, 2.45) is 0 Å². The van der Waals surface area contributed by atoms with Crippen molar-refractivity contribution in [3.05, 3.63) is 77.3 Å². The van der Waals surface area contributed by atoms with E-state index in [1.54, 1.807) is 48.5 Å². The molecule has 3 aromatic carbocycles. The lowest BCUT2D eigenvalue weighted by Gasteiger charge is -2.32. The van der Waals surface area contributed by atoms with Crippen LogP contribution in [-0.2, 0) is 14.8 Å². The summed E-state index contributed by atoms with van der Waals surface area (Å²) in [4.78, 5) is 12.9. The SMILES string of the molecule is CC(C)c1ccc2c(c1)-c1ccccc1S(=O)(=O)N2CC(=O)NCCOc1ccccc1Cl. The van der Waals surface area contributed by atoms with Gasteiger partial charge in [0.1, 0.15) is 18.9 Å². The van der Waals surface area contributed by atoms with E-state index in [-0.39, 0.29) is 30.5 Å². The van der Waals surface area contributed by atoms with Crippen LogP contribution < -0.4 is 14.4 Å². The third-order valence-electron chi connectivity index (χ3n) is 5.51. The van der Waals surface area contributed by atoms with E-state index in [2.05, 4.69) is 19.2 Å². The number of anilines is 1. The molecule has 0 radical (unpaired) electrons. The summed E-state index contributed by atoms with van der Waals surface area (Å²) in [7, 11) is -3.88. The zero-order chi connectivity index (χ0) is 23.6. The molecule has 0 unspecified atom stereocenters. The first-order valence-corrected chi connectivity index (χ1v) is 12.5. The van der Waals surface area contributed by atoms with Gasteiger partial charge in [-0.05, 0) is 41.8 Å². The standard InChI is InChI=1S/C25H25ClN2O4S/c1-17(2)18-11-12-22-20(15-18)19-7-3-6-10-24(19)33(30,31)28(22)16-25(29)27-13-14-32-23-9-5-4-8-21(23)26/h3-12,15,17H,13-14,16H2,1-2H3,(H,27,29). The quantitative estimate of drug-likeness (QED) is 0.487. The Morgan fingerprint density at radius 3 is 2.52 bits per heavy atom. The number of sulfonamides is 1. The Kier molecular flexibility index (Phi) is 6.63. The number of carbonyl (C=O) groups is 1. The van der Waals surface area contributed by atoms with Gasteiger partial charge in [-0.3, -0.25) is 9.10 Å². The molecule has 0 spiro atoms. The van der Waals surface area contributed by atoms with Gasteiger partial charge < -0.3 is 10.1 Å². The molecule has 6 nitrogen and oxygen atoms in total. The van der Waals surface area contributed by atoms with Crippen molar-refractivity contribution in [1.29, 1.82) is 0 Å². The van der Waals surface area contributed by atoms with Gasteiger partial charge in [-0.2, -0.15) is 0 Å². The molecule has 0 fully saturated rings. The number of fused-ring (bicyclic) bond motifs is 3. The molecule has 1 amide bonds. The summed E-state index contributed by atoms with van der Waals surface area (Å²) in [5.74, 6) is 0.397. The first-order chi connectivity index (χ1) is 15.8. The van der Waals surface area contributed by atoms with Crippen molar-refractivity contribution in [2.45, 2.75) is 24.7 Å². The van der Waals surface area contributed by atoms with Crippen LogP contribution in [0.2, 0.25) is 5.02 Å². The summed E-state index contributed by atoms with van der Waals surface area (Å²) in [5, 5.41) is 3.21. The molecule has 0 saturated heterocycles. The van der Waals surface area contributed by atoms with Crippen LogP contribution in [0.1, 0.15) is 25.3 Å². The molecule has 0 saturated carbocycles. The molecule has 0 aromatic heterocycles. The number of rotatable bonds is 7. The van der Waals surface area contributed by atoms with Crippen molar-refractivity contribution in [3.8, 4) is 16.9 Å². The minimum absolute atomic E-state index is 0.202. The van der Waals surface area contributed by atoms with E-state index >= 15 is 0 Å². The van der Waals surface area contributed by atoms with Crippen molar-refractivity contribution < 1.29 is 17.9 Å². The minimum Gasteiger partial charge on any atom is -0.490 e. The highest BCUT2D eigenvalue weighted by molar-refractivity contribution is 7.93. The van der Waals surface area contributed by atoms with Gasteiger partial charge in [0.15, 0.2) is 0 Å². The van der Waals surface area contributed by atoms with E-state index in [9.17, 15) is 13.2 Å². The van der Waals surface area contributed by atoms with Crippen LogP contribution in [0.25, 0.3) is 11.1 Å². The third kappa shape index (κ3) is 4.70. The average molecular weight is 485 g/mol. The molecule has 0 bridgehead atoms. The number of nitrogens with zero attached hydrogens (tertiary/aromatic N) is 1. The Hall–Kier alpha value is -3.03. The fourth-order valence-electron chi connectivity index (χ4n) is 3.78. The maximum absolute atomic E-state index is 13.4. The maximum Gasteiger partial charge on any atom is 0.265 e. The zero-order valence-electron chi connectivity index (χ0n) is 18.4. The number of halogens is 1. The fourth-order valence-corrected chi connectivity index (χ4v) is 5.62. The molecular formula is C25H25ClN2O4S. The summed E-state index contributed by atoms with van der Waals surface area (Å²) < 4.78 is 33.5. The van der Waals surface area contributed by atoms with Gasteiger partial charge in [-0.25, -0.2) is 8.42 Å². The van der Waals surface area contributed by atoms with Crippen LogP contribution >= 0.6 is 11.6 Å². The van der Waals surface area contributed by atoms with Gasteiger partial charge in [-0.1, -0.05) is 61.8 Å². The van der Waals surface area contributed by atoms with Crippen LogP contribution in [0.15, 0.2) is 71.6 Å². The van der Waals surface area contributed by atoms with E-state index in [0.29, 0.717) is 22.0 Å². The third-order valence-corrected chi connectivity index (χ3v) is 7.64. The molecule has 8 heteroatoms. The van der Waals surface area contributed by atoms with Crippen LogP contribution in [0.4, 0.5) is 5.69 Å². The van der Waals surface area contributed by atoms with Crippen LogP contribution in [0.5, 0.6) is 5.75 Å². The number of carbonyl (C=O) groups excluding carboxylic acids is 1. The van der Waals surface area contributed by atoms with Gasteiger partial charge in [0.25, 0.3) is 10.0 Å². The average Bonchev–Trinajstić information content (AvgIpc) is 2.80. The highest BCUT2D eigenvalue weighted by Crippen LogP contribution is 2.43. The Balaban J connectivity index is 1.52. The normalized spacial score (nSPS) is 13.9. The summed E-state index contributed by atoms with van der Waals surface area (Å²) in [6.07, 6.45) is 0. The van der Waals surface area contributed by atoms with Gasteiger partial charge in [0.05, 0.1) is 22.2 Å². The largest absolute Gasteiger partial charge is 0.490 e. The number of ether oxygens (including phenoxy) is 1. The molecule has 1 N–H and O–H groups in total. The molecule has 1 heterocycles. The smallest absolute Gasteiger partial charge is 0.265 e. The van der Waals surface area contributed by atoms with Crippen LogP contribution in [-0.4, -0.2) is 34.0 Å². The van der Waals surface area contributed by atoms with Crippen molar-refractivity contribution in [3.63, 3.8) is 0 Å². The Morgan fingerprint density at radius 2 is 1.76 bits per heavy atom. The lowest BCUT2D eigenvalue weighted by Crippen LogP contribution is -2.43. The number of para-hydroxylation sites is 1. The summed E-state index contributed by atoms with van der Waals surface area (Å²) in [6.45, 7) is 4.27. The number of hydrogen-bond donors (Lipinski definition) is 1. The van der Waals surface area contributed by atoms with Crippen molar-refractivity contribution in [2.75, 3.05) is 24.0 Å². The maximum atomic E-state index is 13.4. The second kappa shape index (κ2) is 9.45. The molecule has 172 valence electrons. The van der Waals surface area contributed by atoms with Gasteiger partial charge >= 0.3 is 0 Å². The Labute approximate surface area is 199 Å². The Bertz CT molecular complexity index is 1290. The van der Waals surface area contributed by atoms with E-state index < -0.39 is 15.9 Å². The highest BCUT2D eigenvalue weighted by atomic mass is 35.5. The number of benzene rings is 3. The van der Waals surface area contributed by atoms with Crippen LogP contribution in [0.3, 0.4) is 0 Å². The lowest BCUT2D eigenvalue weighted by atomic mass is 9.95. The highest BCUT2D eigenvalue weighted by Gasteiger charge is 2.36. The Morgan fingerprint density at radius 1 is 1.03 bits per heavy atom. The number of amides is 1. The van der Waals surface area contributed by atoms with Crippen molar-refractivity contribution in [1.82, 2.24) is 5.32 Å². The van der Waals surface area contributed by atoms with E-state index in [0.717, 1.165) is 11.1 Å².